The van der Waals surface area contributed by atoms with E-state index in [1.54, 1.807) is 0 Å². The fourth-order valence-electron chi connectivity index (χ4n) is 1.68. The molecule has 3 heteroatoms. The number of hydrogen-bond donors (Lipinski definition) is 0. The van der Waals surface area contributed by atoms with Gasteiger partial charge in [-0.15, -0.1) is 0 Å². The fraction of sp³-hybridized carbons (Fsp3) is 0.455. The summed E-state index contributed by atoms with van der Waals surface area (Å²) in [6.07, 6.45) is 1.96. The molecule has 0 bridgehead atoms. The number of hydrogen-bond acceptors (Lipinski definition) is 1. The Bertz CT molecular complexity index is 351. The largest absolute Gasteiger partial charge is 0.493 e. The number of alkyl halides is 1. The Balaban J connectivity index is 2.48. The van der Waals surface area contributed by atoms with E-state index in [2.05, 4.69) is 28.9 Å². The van der Waals surface area contributed by atoms with E-state index in [-0.39, 0.29) is 0 Å². The van der Waals surface area contributed by atoms with Gasteiger partial charge >= 0.3 is 0 Å². The highest BCUT2D eigenvalue weighted by Crippen LogP contribution is 2.40. The molecule has 14 heavy (non-hydrogen) atoms. The predicted octanol–water partition coefficient (Wildman–Crippen LogP) is 4.12. The molecule has 1 heterocycles. The van der Waals surface area contributed by atoms with Crippen LogP contribution < -0.4 is 4.74 Å². The van der Waals surface area contributed by atoms with Gasteiger partial charge in [0.2, 0.25) is 0 Å². The molecule has 76 valence electrons. The molecule has 1 atom stereocenters. The van der Waals surface area contributed by atoms with Crippen LogP contribution in [0.15, 0.2) is 12.1 Å². The lowest BCUT2D eigenvalue weighted by molar-refractivity contribution is 0.287. The number of ether oxygens (including phenoxy) is 1. The molecule has 0 saturated heterocycles. The van der Waals surface area contributed by atoms with E-state index in [1.807, 2.05) is 6.07 Å². The van der Waals surface area contributed by atoms with Crippen molar-refractivity contribution in [1.82, 2.24) is 0 Å². The van der Waals surface area contributed by atoms with E-state index in [9.17, 15) is 0 Å². The maximum absolute atomic E-state index is 6.15. The first-order chi connectivity index (χ1) is 6.72. The summed E-state index contributed by atoms with van der Waals surface area (Å²) in [5.41, 5.74) is 2.34. The molecular weight excluding hydrogens is 263 g/mol. The SMILES string of the molecule is CCc1cc2c(cc1Cl)C(Br)CCO2. The molecule has 0 spiro atoms. The molecule has 1 aromatic carbocycles. The molecule has 0 fully saturated rings. The number of halogens is 2. The van der Waals surface area contributed by atoms with Crippen LogP contribution >= 0.6 is 27.5 Å². The molecule has 1 aliphatic heterocycles. The maximum Gasteiger partial charge on any atom is 0.123 e. The lowest BCUT2D eigenvalue weighted by atomic mass is 10.0. The Kier molecular flexibility index (Phi) is 3.03. The molecule has 1 aliphatic rings. The van der Waals surface area contributed by atoms with Crippen LogP contribution in [0.3, 0.4) is 0 Å². The van der Waals surface area contributed by atoms with Gasteiger partial charge in [0.1, 0.15) is 5.75 Å². The van der Waals surface area contributed by atoms with E-state index in [0.717, 1.165) is 35.8 Å². The molecule has 2 rings (SSSR count). The predicted molar refractivity (Wildman–Crippen MR) is 62.6 cm³/mol. The summed E-state index contributed by atoms with van der Waals surface area (Å²) in [4.78, 5) is 0.384. The van der Waals surface area contributed by atoms with Crippen LogP contribution in [0.2, 0.25) is 5.02 Å². The third-order valence-corrected chi connectivity index (χ3v) is 3.83. The van der Waals surface area contributed by atoms with Crippen LogP contribution in [0.1, 0.15) is 29.3 Å². The molecule has 1 aromatic rings. The number of aryl methyl sites for hydroxylation is 1. The molecule has 0 aromatic heterocycles. The summed E-state index contributed by atoms with van der Waals surface area (Å²) in [6, 6.07) is 4.08. The topological polar surface area (TPSA) is 9.23 Å². The highest BCUT2D eigenvalue weighted by atomic mass is 79.9. The van der Waals surface area contributed by atoms with Gasteiger partial charge < -0.3 is 4.74 Å². The molecule has 1 nitrogen and oxygen atoms in total. The smallest absolute Gasteiger partial charge is 0.123 e. The van der Waals surface area contributed by atoms with Crippen molar-refractivity contribution in [2.24, 2.45) is 0 Å². The summed E-state index contributed by atoms with van der Waals surface area (Å²) in [6.45, 7) is 2.88. The van der Waals surface area contributed by atoms with Gasteiger partial charge in [0, 0.05) is 15.4 Å². The number of fused-ring (bicyclic) bond motifs is 1. The van der Waals surface area contributed by atoms with Crippen molar-refractivity contribution in [3.63, 3.8) is 0 Å². The second-order valence-corrected chi connectivity index (χ2v) is 4.95. The standard InChI is InChI=1S/C11H12BrClO/c1-2-7-5-11-8(6-10(7)13)9(12)3-4-14-11/h5-6,9H,2-4H2,1H3. The second-order valence-electron chi connectivity index (χ2n) is 3.44. The van der Waals surface area contributed by atoms with Gasteiger partial charge in [-0.05, 0) is 30.5 Å². The van der Waals surface area contributed by atoms with Crippen LogP contribution in [0.5, 0.6) is 5.75 Å². The van der Waals surface area contributed by atoms with Crippen molar-refractivity contribution in [3.8, 4) is 5.75 Å². The Morgan fingerprint density at radius 3 is 3.07 bits per heavy atom. The van der Waals surface area contributed by atoms with E-state index in [4.69, 9.17) is 16.3 Å². The Morgan fingerprint density at radius 1 is 1.57 bits per heavy atom. The van der Waals surface area contributed by atoms with Crippen molar-refractivity contribution in [2.45, 2.75) is 24.6 Å². The van der Waals surface area contributed by atoms with E-state index < -0.39 is 0 Å². The fourth-order valence-corrected chi connectivity index (χ4v) is 2.53. The summed E-state index contributed by atoms with van der Waals surface area (Å²) in [5, 5.41) is 0.848. The first kappa shape index (κ1) is 10.3. The van der Waals surface area contributed by atoms with Gasteiger partial charge in [0.15, 0.2) is 0 Å². The summed E-state index contributed by atoms with van der Waals surface area (Å²) in [5.74, 6) is 0.986. The Morgan fingerprint density at radius 2 is 2.36 bits per heavy atom. The van der Waals surface area contributed by atoms with Gasteiger partial charge in [0.05, 0.1) is 6.61 Å². The second kappa shape index (κ2) is 4.11. The van der Waals surface area contributed by atoms with Crippen LogP contribution in [0.4, 0.5) is 0 Å². The van der Waals surface area contributed by atoms with Gasteiger partial charge in [-0.25, -0.2) is 0 Å². The molecule has 0 N–H and O–H groups in total. The lowest BCUT2D eigenvalue weighted by Crippen LogP contribution is -2.10. The van der Waals surface area contributed by atoms with Gasteiger partial charge in [-0.1, -0.05) is 34.5 Å². The number of rotatable bonds is 1. The molecular formula is C11H12BrClO. The average Bonchev–Trinajstić information content (AvgIpc) is 2.19. The van der Waals surface area contributed by atoms with Crippen molar-refractivity contribution in [1.29, 1.82) is 0 Å². The minimum atomic E-state index is 0.384. The monoisotopic (exact) mass is 274 g/mol. The summed E-state index contributed by atoms with van der Waals surface area (Å²) < 4.78 is 5.60. The maximum atomic E-state index is 6.15. The molecule has 0 aliphatic carbocycles. The summed E-state index contributed by atoms with van der Waals surface area (Å²) >= 11 is 9.78. The molecule has 1 unspecified atom stereocenters. The first-order valence-corrected chi connectivity index (χ1v) is 6.11. The molecule has 0 saturated carbocycles. The average molecular weight is 276 g/mol. The van der Waals surface area contributed by atoms with Crippen LogP contribution in [-0.4, -0.2) is 6.61 Å². The summed E-state index contributed by atoms with van der Waals surface area (Å²) in [7, 11) is 0. The minimum absolute atomic E-state index is 0.384. The zero-order chi connectivity index (χ0) is 10.1. The van der Waals surface area contributed by atoms with E-state index >= 15 is 0 Å². The molecule has 0 amide bonds. The first-order valence-electron chi connectivity index (χ1n) is 4.81. The van der Waals surface area contributed by atoms with E-state index in [0.29, 0.717) is 4.83 Å². The van der Waals surface area contributed by atoms with Crippen LogP contribution in [0.25, 0.3) is 0 Å². The minimum Gasteiger partial charge on any atom is -0.493 e. The quantitative estimate of drug-likeness (QED) is 0.701. The zero-order valence-corrected chi connectivity index (χ0v) is 10.4. The van der Waals surface area contributed by atoms with Gasteiger partial charge in [-0.2, -0.15) is 0 Å². The third kappa shape index (κ3) is 1.78. The normalized spacial score (nSPS) is 20.1. The highest BCUT2D eigenvalue weighted by Gasteiger charge is 2.20. The Labute approximate surface area is 97.5 Å². The van der Waals surface area contributed by atoms with Crippen LogP contribution in [-0.2, 0) is 6.42 Å². The van der Waals surface area contributed by atoms with Crippen molar-refractivity contribution < 1.29 is 4.74 Å². The Hall–Kier alpha value is -0.210. The number of benzene rings is 1. The van der Waals surface area contributed by atoms with E-state index in [1.165, 1.54) is 5.56 Å². The van der Waals surface area contributed by atoms with Crippen molar-refractivity contribution in [2.75, 3.05) is 6.61 Å². The molecule has 0 radical (unpaired) electrons. The highest BCUT2D eigenvalue weighted by molar-refractivity contribution is 9.09. The van der Waals surface area contributed by atoms with Crippen molar-refractivity contribution >= 4 is 27.5 Å². The van der Waals surface area contributed by atoms with Gasteiger partial charge in [0.25, 0.3) is 0 Å². The van der Waals surface area contributed by atoms with Crippen molar-refractivity contribution in [3.05, 3.63) is 28.3 Å². The zero-order valence-electron chi connectivity index (χ0n) is 8.02. The third-order valence-electron chi connectivity index (χ3n) is 2.53. The van der Waals surface area contributed by atoms with Crippen LogP contribution in [0, 0.1) is 0 Å². The lowest BCUT2D eigenvalue weighted by Gasteiger charge is -2.23. The van der Waals surface area contributed by atoms with Gasteiger partial charge in [-0.3, -0.25) is 0 Å².